The number of hydrogen-bond donors (Lipinski definition) is 3. The highest BCUT2D eigenvalue weighted by Gasteiger charge is 2.30. The Balaban J connectivity index is 0.00000529. The molecule has 0 heterocycles. The first-order valence-corrected chi connectivity index (χ1v) is 6.84. The molecule has 1 amide bonds. The molecule has 0 aliphatic heterocycles. The molecule has 9 heteroatoms. The Morgan fingerprint density at radius 1 is 1.21 bits per heavy atom. The second-order valence-electron chi connectivity index (χ2n) is 4.92. The van der Waals surface area contributed by atoms with Crippen molar-refractivity contribution in [2.45, 2.75) is 13.1 Å². The van der Waals surface area contributed by atoms with Gasteiger partial charge in [-0.15, -0.1) is 24.0 Å². The molecule has 0 saturated heterocycles. The maximum atomic E-state index is 12.4. The molecule has 0 spiro atoms. The molecule has 1 aromatic rings. The lowest BCUT2D eigenvalue weighted by Crippen LogP contribution is -2.38. The highest BCUT2D eigenvalue weighted by Crippen LogP contribution is 2.28. The zero-order chi connectivity index (χ0) is 17.5. The number of aliphatic imine (C=N–C) groups is 1. The average Bonchev–Trinajstić information content (AvgIpc) is 2.48. The Labute approximate surface area is 155 Å². The van der Waals surface area contributed by atoms with Crippen molar-refractivity contribution in [3.05, 3.63) is 47.5 Å². The van der Waals surface area contributed by atoms with E-state index in [0.29, 0.717) is 13.1 Å². The van der Waals surface area contributed by atoms with Crippen LogP contribution in [0.1, 0.15) is 22.8 Å². The van der Waals surface area contributed by atoms with Gasteiger partial charge in [0.1, 0.15) is 0 Å². The number of nitrogens with two attached hydrogens (primary N) is 1. The molecule has 1 aromatic carbocycles. The number of hydrogen-bond acceptors (Lipinski definition) is 2. The van der Waals surface area contributed by atoms with Crippen LogP contribution in [0.3, 0.4) is 0 Å². The van der Waals surface area contributed by atoms with Crippen molar-refractivity contribution in [3.63, 3.8) is 0 Å². The standard InChI is InChI=1S/C15H19F3N4O.HI/c1-10(2)9-22-14(19)21-8-7-20-13(23)11-3-5-12(6-4-11)15(16,17)18;/h3-6H,1,7-9H2,2H3,(H,20,23)(H3,19,21,22);1H. The maximum Gasteiger partial charge on any atom is 0.416 e. The molecule has 1 rings (SSSR count). The lowest BCUT2D eigenvalue weighted by molar-refractivity contribution is -0.137. The van der Waals surface area contributed by atoms with E-state index in [2.05, 4.69) is 22.2 Å². The van der Waals surface area contributed by atoms with E-state index in [9.17, 15) is 18.0 Å². The fraction of sp³-hybridized carbons (Fsp3) is 0.333. The van der Waals surface area contributed by atoms with Crippen molar-refractivity contribution in [3.8, 4) is 0 Å². The summed E-state index contributed by atoms with van der Waals surface area (Å²) in [5, 5.41) is 5.36. The van der Waals surface area contributed by atoms with Crippen molar-refractivity contribution < 1.29 is 18.0 Å². The van der Waals surface area contributed by atoms with E-state index in [1.807, 2.05) is 6.92 Å². The minimum atomic E-state index is -4.42. The van der Waals surface area contributed by atoms with Crippen LogP contribution in [0.25, 0.3) is 0 Å². The number of halogens is 4. The van der Waals surface area contributed by atoms with E-state index < -0.39 is 17.6 Å². The van der Waals surface area contributed by atoms with Crippen molar-refractivity contribution >= 4 is 35.8 Å². The van der Waals surface area contributed by atoms with Gasteiger partial charge in [-0.3, -0.25) is 4.79 Å². The van der Waals surface area contributed by atoms with E-state index in [1.165, 1.54) is 0 Å². The van der Waals surface area contributed by atoms with Crippen LogP contribution >= 0.6 is 24.0 Å². The quantitative estimate of drug-likeness (QED) is 0.203. The smallest absolute Gasteiger partial charge is 0.370 e. The predicted octanol–water partition coefficient (Wildman–Crippen LogP) is 2.53. The summed E-state index contributed by atoms with van der Waals surface area (Å²) < 4.78 is 37.3. The second kappa shape index (κ2) is 10.2. The summed E-state index contributed by atoms with van der Waals surface area (Å²) in [6.07, 6.45) is -4.42. The Hall–Kier alpha value is -1.78. The SMILES string of the molecule is C=C(C)CN=C(N)NCCNC(=O)c1ccc(C(F)(F)F)cc1.I. The van der Waals surface area contributed by atoms with Gasteiger partial charge in [0.15, 0.2) is 5.96 Å². The monoisotopic (exact) mass is 456 g/mol. The number of rotatable bonds is 6. The molecule has 0 unspecified atom stereocenters. The van der Waals surface area contributed by atoms with Crippen LogP contribution in [0, 0.1) is 0 Å². The number of carbonyl (C=O) groups is 1. The highest BCUT2D eigenvalue weighted by molar-refractivity contribution is 14.0. The summed E-state index contributed by atoms with van der Waals surface area (Å²) in [5.41, 5.74) is 5.81. The van der Waals surface area contributed by atoms with Crippen molar-refractivity contribution in [1.29, 1.82) is 0 Å². The molecule has 0 aromatic heterocycles. The first-order chi connectivity index (χ1) is 10.7. The number of nitrogens with zero attached hydrogens (tertiary/aromatic N) is 1. The van der Waals surface area contributed by atoms with E-state index in [-0.39, 0.29) is 42.0 Å². The van der Waals surface area contributed by atoms with Gasteiger partial charge >= 0.3 is 6.18 Å². The summed E-state index contributed by atoms with van der Waals surface area (Å²) in [6.45, 7) is 6.52. The van der Waals surface area contributed by atoms with Crippen molar-refractivity contribution in [2.75, 3.05) is 19.6 Å². The predicted molar refractivity (Wildman–Crippen MR) is 98.5 cm³/mol. The van der Waals surface area contributed by atoms with Crippen molar-refractivity contribution in [1.82, 2.24) is 10.6 Å². The number of carbonyl (C=O) groups excluding carboxylic acids is 1. The Kier molecular flexibility index (Phi) is 9.41. The normalized spacial score (nSPS) is 11.4. The Morgan fingerprint density at radius 2 is 1.75 bits per heavy atom. The van der Waals surface area contributed by atoms with Gasteiger partial charge < -0.3 is 16.4 Å². The first kappa shape index (κ1) is 22.2. The third-order valence-electron chi connectivity index (χ3n) is 2.71. The molecule has 0 bridgehead atoms. The minimum absolute atomic E-state index is 0. The molecule has 0 saturated carbocycles. The molecular formula is C15H20F3IN4O. The third-order valence-corrected chi connectivity index (χ3v) is 2.71. The van der Waals surface area contributed by atoms with Gasteiger partial charge in [-0.25, -0.2) is 4.99 Å². The number of alkyl halides is 3. The van der Waals surface area contributed by atoms with Gasteiger partial charge in [0, 0.05) is 18.7 Å². The maximum absolute atomic E-state index is 12.4. The van der Waals surface area contributed by atoms with Crippen LogP contribution < -0.4 is 16.4 Å². The minimum Gasteiger partial charge on any atom is -0.370 e. The van der Waals surface area contributed by atoms with Crippen molar-refractivity contribution in [2.24, 2.45) is 10.7 Å². The van der Waals surface area contributed by atoms with Crippen LogP contribution in [0.15, 0.2) is 41.4 Å². The molecule has 0 radical (unpaired) electrons. The average molecular weight is 456 g/mol. The van der Waals surface area contributed by atoms with Gasteiger partial charge in [-0.1, -0.05) is 12.2 Å². The number of guanidine groups is 1. The third kappa shape index (κ3) is 8.18. The lowest BCUT2D eigenvalue weighted by Gasteiger charge is -2.09. The zero-order valence-electron chi connectivity index (χ0n) is 13.1. The Morgan fingerprint density at radius 3 is 2.25 bits per heavy atom. The number of amides is 1. The molecule has 0 atom stereocenters. The molecule has 0 aliphatic rings. The second-order valence-corrected chi connectivity index (χ2v) is 4.92. The molecular weight excluding hydrogens is 436 g/mol. The van der Waals surface area contributed by atoms with E-state index in [1.54, 1.807) is 0 Å². The van der Waals surface area contributed by atoms with Crippen LogP contribution in [-0.2, 0) is 6.18 Å². The van der Waals surface area contributed by atoms with Gasteiger partial charge in [-0.2, -0.15) is 13.2 Å². The van der Waals surface area contributed by atoms with Crippen LogP contribution in [0.5, 0.6) is 0 Å². The Bertz CT molecular complexity index is 585. The number of benzene rings is 1. The molecule has 24 heavy (non-hydrogen) atoms. The fourth-order valence-electron chi connectivity index (χ4n) is 1.56. The van der Waals surface area contributed by atoms with Gasteiger partial charge in [0.2, 0.25) is 0 Å². The molecule has 0 aliphatic carbocycles. The first-order valence-electron chi connectivity index (χ1n) is 6.84. The molecule has 5 nitrogen and oxygen atoms in total. The zero-order valence-corrected chi connectivity index (χ0v) is 15.4. The largest absolute Gasteiger partial charge is 0.416 e. The molecule has 4 N–H and O–H groups in total. The highest BCUT2D eigenvalue weighted by atomic mass is 127. The summed E-state index contributed by atoms with van der Waals surface area (Å²) in [5.74, 6) is -0.227. The van der Waals surface area contributed by atoms with Crippen LogP contribution in [-0.4, -0.2) is 31.5 Å². The topological polar surface area (TPSA) is 79.5 Å². The summed E-state index contributed by atoms with van der Waals surface area (Å²) >= 11 is 0. The summed E-state index contributed by atoms with van der Waals surface area (Å²) in [7, 11) is 0. The van der Waals surface area contributed by atoms with E-state index in [0.717, 1.165) is 29.8 Å². The van der Waals surface area contributed by atoms with E-state index >= 15 is 0 Å². The summed E-state index contributed by atoms with van der Waals surface area (Å²) in [6, 6.07) is 4.01. The van der Waals surface area contributed by atoms with E-state index in [4.69, 9.17) is 5.73 Å². The van der Waals surface area contributed by atoms with Crippen LogP contribution in [0.2, 0.25) is 0 Å². The van der Waals surface area contributed by atoms with Crippen LogP contribution in [0.4, 0.5) is 13.2 Å². The number of nitrogens with one attached hydrogen (secondary N) is 2. The summed E-state index contributed by atoms with van der Waals surface area (Å²) in [4.78, 5) is 15.8. The lowest BCUT2D eigenvalue weighted by atomic mass is 10.1. The fourth-order valence-corrected chi connectivity index (χ4v) is 1.56. The van der Waals surface area contributed by atoms with Gasteiger partial charge in [0.05, 0.1) is 12.1 Å². The van der Waals surface area contributed by atoms with Gasteiger partial charge in [0.25, 0.3) is 5.91 Å². The molecule has 134 valence electrons. The molecule has 0 fully saturated rings. The van der Waals surface area contributed by atoms with Gasteiger partial charge in [-0.05, 0) is 31.2 Å².